The smallest absolute Gasteiger partial charge is 0.226 e. The van der Waals surface area contributed by atoms with Gasteiger partial charge in [-0.1, -0.05) is 13.8 Å². The Kier molecular flexibility index (Phi) is 2.20. The maximum atomic E-state index is 12.6. The minimum Gasteiger partial charge on any atom is -0.337 e. The Balaban J connectivity index is 1.79. The fraction of sp³-hybridized carbons (Fsp3) is 0.929. The molecule has 2 aliphatic heterocycles. The molecule has 0 spiro atoms. The summed E-state index contributed by atoms with van der Waals surface area (Å²) in [6.07, 6.45) is 1.08. The molecule has 3 aliphatic rings. The molecule has 3 heteroatoms. The van der Waals surface area contributed by atoms with Crippen molar-refractivity contribution < 1.29 is 4.79 Å². The van der Waals surface area contributed by atoms with Crippen LogP contribution >= 0.6 is 0 Å². The van der Waals surface area contributed by atoms with Crippen molar-refractivity contribution in [2.45, 2.75) is 39.7 Å². The first-order valence-electron chi connectivity index (χ1n) is 6.86. The van der Waals surface area contributed by atoms with Gasteiger partial charge in [0.2, 0.25) is 5.91 Å². The second-order valence-corrected chi connectivity index (χ2v) is 7.37. The lowest BCUT2D eigenvalue weighted by Crippen LogP contribution is -2.48. The molecule has 2 saturated heterocycles. The minimum atomic E-state index is 0.0456. The fourth-order valence-corrected chi connectivity index (χ4v) is 3.87. The summed E-state index contributed by atoms with van der Waals surface area (Å²) in [5, 5.41) is 3.46. The monoisotopic (exact) mass is 236 g/mol. The van der Waals surface area contributed by atoms with Gasteiger partial charge in [-0.3, -0.25) is 4.79 Å². The van der Waals surface area contributed by atoms with Gasteiger partial charge in [-0.05, 0) is 37.5 Å². The molecule has 1 amide bonds. The molecule has 3 nitrogen and oxygen atoms in total. The van der Waals surface area contributed by atoms with E-state index >= 15 is 0 Å². The van der Waals surface area contributed by atoms with Crippen LogP contribution in [0.15, 0.2) is 0 Å². The summed E-state index contributed by atoms with van der Waals surface area (Å²) in [5.41, 5.74) is 0.299. The van der Waals surface area contributed by atoms with E-state index in [1.165, 1.54) is 0 Å². The third-order valence-electron chi connectivity index (χ3n) is 5.44. The van der Waals surface area contributed by atoms with Crippen molar-refractivity contribution in [3.05, 3.63) is 0 Å². The zero-order valence-electron chi connectivity index (χ0n) is 11.4. The Labute approximate surface area is 104 Å². The molecule has 0 aromatic heterocycles. The predicted octanol–water partition coefficient (Wildman–Crippen LogP) is 1.49. The maximum absolute atomic E-state index is 12.6. The lowest BCUT2D eigenvalue weighted by molar-refractivity contribution is -0.137. The second-order valence-electron chi connectivity index (χ2n) is 7.37. The molecule has 1 N–H and O–H groups in total. The number of nitrogens with zero attached hydrogens (tertiary/aromatic N) is 1. The number of hydrogen-bond donors (Lipinski definition) is 1. The SMILES string of the molecule is CC1(C)CC1C(=O)N1CC2CNCC2C1(C)C. The highest BCUT2D eigenvalue weighted by Gasteiger charge is 2.58. The standard InChI is InChI=1S/C14H24N2O/c1-13(2)5-10(13)12(17)16-8-9-6-15-7-11(9)14(16,3)4/h9-11,15H,5-8H2,1-4H3. The summed E-state index contributed by atoms with van der Waals surface area (Å²) < 4.78 is 0. The van der Waals surface area contributed by atoms with E-state index in [9.17, 15) is 4.79 Å². The molecule has 0 aromatic rings. The van der Waals surface area contributed by atoms with Crippen LogP contribution in [0.2, 0.25) is 0 Å². The molecule has 3 rings (SSSR count). The lowest BCUT2D eigenvalue weighted by atomic mass is 9.84. The Morgan fingerprint density at radius 3 is 2.41 bits per heavy atom. The van der Waals surface area contributed by atoms with Gasteiger partial charge in [0.25, 0.3) is 0 Å². The highest BCUT2D eigenvalue weighted by molar-refractivity contribution is 5.83. The fourth-order valence-electron chi connectivity index (χ4n) is 3.87. The first-order chi connectivity index (χ1) is 7.84. The molecular weight excluding hydrogens is 212 g/mol. The number of rotatable bonds is 1. The first kappa shape index (κ1) is 11.5. The molecular formula is C14H24N2O. The molecule has 96 valence electrons. The third kappa shape index (κ3) is 1.55. The van der Waals surface area contributed by atoms with Crippen LogP contribution in [0.4, 0.5) is 0 Å². The molecule has 3 unspecified atom stereocenters. The van der Waals surface area contributed by atoms with Gasteiger partial charge >= 0.3 is 0 Å². The van der Waals surface area contributed by atoms with Gasteiger partial charge in [-0.15, -0.1) is 0 Å². The molecule has 2 heterocycles. The number of nitrogens with one attached hydrogen (secondary N) is 1. The topological polar surface area (TPSA) is 32.3 Å². The van der Waals surface area contributed by atoms with Gasteiger partial charge in [0, 0.05) is 31.1 Å². The van der Waals surface area contributed by atoms with E-state index in [2.05, 4.69) is 37.9 Å². The highest BCUT2D eigenvalue weighted by Crippen LogP contribution is 2.54. The van der Waals surface area contributed by atoms with E-state index in [0.717, 1.165) is 26.1 Å². The van der Waals surface area contributed by atoms with Crippen molar-refractivity contribution >= 4 is 5.91 Å². The minimum absolute atomic E-state index is 0.0456. The summed E-state index contributed by atoms with van der Waals surface area (Å²) in [5.74, 6) is 2.02. The Hall–Kier alpha value is -0.570. The number of carbonyl (C=O) groups is 1. The lowest BCUT2D eigenvalue weighted by Gasteiger charge is -2.36. The van der Waals surface area contributed by atoms with Gasteiger partial charge in [0.05, 0.1) is 0 Å². The maximum Gasteiger partial charge on any atom is 0.226 e. The molecule has 0 aromatic carbocycles. The average Bonchev–Trinajstić information content (AvgIpc) is 2.64. The van der Waals surface area contributed by atoms with Crippen LogP contribution in [-0.4, -0.2) is 36.0 Å². The average molecular weight is 236 g/mol. The predicted molar refractivity (Wildman–Crippen MR) is 67.5 cm³/mol. The van der Waals surface area contributed by atoms with E-state index in [0.29, 0.717) is 17.7 Å². The van der Waals surface area contributed by atoms with Crippen molar-refractivity contribution in [3.8, 4) is 0 Å². The Bertz CT molecular complexity index is 361. The van der Waals surface area contributed by atoms with E-state index in [4.69, 9.17) is 0 Å². The van der Waals surface area contributed by atoms with E-state index < -0.39 is 0 Å². The molecule has 3 atom stereocenters. The Morgan fingerprint density at radius 2 is 1.88 bits per heavy atom. The highest BCUT2D eigenvalue weighted by atomic mass is 16.2. The van der Waals surface area contributed by atoms with Crippen LogP contribution in [0.1, 0.15) is 34.1 Å². The van der Waals surface area contributed by atoms with Gasteiger partial charge in [-0.25, -0.2) is 0 Å². The van der Waals surface area contributed by atoms with Crippen LogP contribution in [-0.2, 0) is 4.79 Å². The van der Waals surface area contributed by atoms with Crippen molar-refractivity contribution in [2.75, 3.05) is 19.6 Å². The van der Waals surface area contributed by atoms with E-state index in [1.54, 1.807) is 0 Å². The first-order valence-corrected chi connectivity index (χ1v) is 6.86. The molecule has 3 fully saturated rings. The van der Waals surface area contributed by atoms with Crippen LogP contribution in [0.25, 0.3) is 0 Å². The van der Waals surface area contributed by atoms with Crippen LogP contribution in [0.3, 0.4) is 0 Å². The van der Waals surface area contributed by atoms with Gasteiger partial charge < -0.3 is 10.2 Å². The summed E-state index contributed by atoms with van der Waals surface area (Å²) in [4.78, 5) is 14.8. The summed E-state index contributed by atoms with van der Waals surface area (Å²) >= 11 is 0. The molecule has 0 radical (unpaired) electrons. The quantitative estimate of drug-likeness (QED) is 0.748. The number of fused-ring (bicyclic) bond motifs is 1. The molecule has 1 aliphatic carbocycles. The molecule has 0 bridgehead atoms. The number of likely N-dealkylation sites (tertiary alicyclic amines) is 1. The summed E-state index contributed by atoms with van der Waals surface area (Å²) in [6.45, 7) is 12.1. The van der Waals surface area contributed by atoms with E-state index in [-0.39, 0.29) is 16.9 Å². The normalized spacial score (nSPS) is 41.4. The van der Waals surface area contributed by atoms with Crippen molar-refractivity contribution in [3.63, 3.8) is 0 Å². The number of amides is 1. The van der Waals surface area contributed by atoms with Crippen molar-refractivity contribution in [2.24, 2.45) is 23.2 Å². The van der Waals surface area contributed by atoms with Gasteiger partial charge in [0.1, 0.15) is 0 Å². The van der Waals surface area contributed by atoms with Crippen LogP contribution in [0.5, 0.6) is 0 Å². The van der Waals surface area contributed by atoms with Crippen LogP contribution < -0.4 is 5.32 Å². The summed E-state index contributed by atoms with van der Waals surface area (Å²) in [7, 11) is 0. The van der Waals surface area contributed by atoms with Gasteiger partial charge in [0.15, 0.2) is 0 Å². The van der Waals surface area contributed by atoms with Crippen molar-refractivity contribution in [1.82, 2.24) is 10.2 Å². The van der Waals surface area contributed by atoms with Crippen LogP contribution in [0, 0.1) is 23.2 Å². The Morgan fingerprint density at radius 1 is 1.24 bits per heavy atom. The third-order valence-corrected chi connectivity index (χ3v) is 5.44. The molecule has 17 heavy (non-hydrogen) atoms. The molecule has 1 saturated carbocycles. The largest absolute Gasteiger partial charge is 0.337 e. The second kappa shape index (κ2) is 3.25. The van der Waals surface area contributed by atoms with E-state index in [1.807, 2.05) is 0 Å². The zero-order chi connectivity index (χ0) is 12.4. The number of hydrogen-bond acceptors (Lipinski definition) is 2. The van der Waals surface area contributed by atoms with Crippen molar-refractivity contribution in [1.29, 1.82) is 0 Å². The zero-order valence-corrected chi connectivity index (χ0v) is 11.4. The number of carbonyl (C=O) groups excluding carboxylic acids is 1. The van der Waals surface area contributed by atoms with Gasteiger partial charge in [-0.2, -0.15) is 0 Å². The summed E-state index contributed by atoms with van der Waals surface area (Å²) in [6, 6.07) is 0.